The number of hydrogen-bond donors (Lipinski definition) is 2. The second-order valence-electron chi connectivity index (χ2n) is 5.05. The topological polar surface area (TPSA) is 64.9 Å². The monoisotopic (exact) mass is 273 g/mol. The molecule has 1 aliphatic rings. The van der Waals surface area contributed by atoms with Gasteiger partial charge in [0.2, 0.25) is 0 Å². The number of benzene rings is 1. The van der Waals surface area contributed by atoms with Gasteiger partial charge in [-0.2, -0.15) is 0 Å². The highest BCUT2D eigenvalue weighted by molar-refractivity contribution is 7.15. The number of anilines is 1. The van der Waals surface area contributed by atoms with E-state index in [1.54, 1.807) is 11.3 Å². The van der Waals surface area contributed by atoms with Crippen LogP contribution in [0.1, 0.15) is 28.8 Å². The summed E-state index contributed by atoms with van der Waals surface area (Å²) in [6, 6.07) is 6.73. The first-order valence-electron chi connectivity index (χ1n) is 6.85. The minimum absolute atomic E-state index is 0.635. The van der Waals surface area contributed by atoms with Gasteiger partial charge in [0.1, 0.15) is 0 Å². The number of aryl methyl sites for hydroxylation is 2. The fraction of sp³-hybridized carbons (Fsp3) is 0.400. The minimum Gasteiger partial charge on any atom is -0.375 e. The Labute approximate surface area is 117 Å². The number of nitrogens with two attached hydrogens (primary N) is 2. The van der Waals surface area contributed by atoms with E-state index in [4.69, 9.17) is 11.5 Å². The minimum atomic E-state index is 0.635. The van der Waals surface area contributed by atoms with Crippen LogP contribution in [-0.4, -0.2) is 11.5 Å². The van der Waals surface area contributed by atoms with Crippen LogP contribution in [0, 0.1) is 0 Å². The summed E-state index contributed by atoms with van der Waals surface area (Å²) >= 11 is 1.56. The average Bonchev–Trinajstić information content (AvgIpc) is 2.80. The first kappa shape index (κ1) is 12.6. The first-order valence-corrected chi connectivity index (χ1v) is 7.67. The molecule has 0 spiro atoms. The van der Waals surface area contributed by atoms with Crippen molar-refractivity contribution in [1.29, 1.82) is 0 Å². The molecule has 1 aliphatic carbocycles. The maximum atomic E-state index is 5.85. The quantitative estimate of drug-likeness (QED) is 0.903. The molecule has 0 atom stereocenters. The molecule has 0 saturated heterocycles. The van der Waals surface area contributed by atoms with Gasteiger partial charge in [-0.05, 0) is 55.8 Å². The molecule has 2 aromatic rings. The van der Waals surface area contributed by atoms with Gasteiger partial charge in [0.15, 0.2) is 5.13 Å². The van der Waals surface area contributed by atoms with Crippen molar-refractivity contribution in [2.24, 2.45) is 5.73 Å². The van der Waals surface area contributed by atoms with Crippen molar-refractivity contribution in [2.45, 2.75) is 32.1 Å². The lowest BCUT2D eigenvalue weighted by molar-refractivity contribution is 0.686. The van der Waals surface area contributed by atoms with Crippen molar-refractivity contribution in [3.05, 3.63) is 34.2 Å². The van der Waals surface area contributed by atoms with Crippen LogP contribution < -0.4 is 11.5 Å². The number of aromatic nitrogens is 1. The average molecular weight is 273 g/mol. The highest BCUT2D eigenvalue weighted by Crippen LogP contribution is 2.32. The van der Waals surface area contributed by atoms with Gasteiger partial charge in [-0.25, -0.2) is 4.98 Å². The Kier molecular flexibility index (Phi) is 3.53. The van der Waals surface area contributed by atoms with Gasteiger partial charge < -0.3 is 11.5 Å². The lowest BCUT2D eigenvalue weighted by Crippen LogP contribution is -2.04. The molecule has 0 unspecified atom stereocenters. The van der Waals surface area contributed by atoms with E-state index in [2.05, 4.69) is 23.2 Å². The summed E-state index contributed by atoms with van der Waals surface area (Å²) < 4.78 is 0. The summed E-state index contributed by atoms with van der Waals surface area (Å²) in [5.41, 5.74) is 16.7. The molecule has 4 heteroatoms. The normalized spacial score (nSPS) is 14.4. The summed E-state index contributed by atoms with van der Waals surface area (Å²) in [4.78, 5) is 5.69. The standard InChI is InChI=1S/C15H19N3S/c16-8-7-13-14(18-15(17)19-13)12-6-5-10-3-1-2-4-11(10)9-12/h5-6,9H,1-4,7-8,16H2,(H2,17,18). The molecule has 1 heterocycles. The fourth-order valence-electron chi connectivity index (χ4n) is 2.78. The second-order valence-corrected chi connectivity index (χ2v) is 6.17. The van der Waals surface area contributed by atoms with E-state index in [0.29, 0.717) is 11.7 Å². The summed E-state index contributed by atoms with van der Waals surface area (Å²) in [5, 5.41) is 0.635. The molecular weight excluding hydrogens is 254 g/mol. The summed E-state index contributed by atoms with van der Waals surface area (Å²) in [7, 11) is 0. The Balaban J connectivity index is 2.01. The number of thiazole rings is 1. The number of fused-ring (bicyclic) bond motifs is 1. The van der Waals surface area contributed by atoms with Crippen molar-refractivity contribution >= 4 is 16.5 Å². The Morgan fingerprint density at radius 2 is 1.95 bits per heavy atom. The molecule has 1 aromatic heterocycles. The number of hydrogen-bond acceptors (Lipinski definition) is 4. The van der Waals surface area contributed by atoms with Gasteiger partial charge >= 0.3 is 0 Å². The van der Waals surface area contributed by atoms with E-state index >= 15 is 0 Å². The van der Waals surface area contributed by atoms with Crippen molar-refractivity contribution in [3.8, 4) is 11.3 Å². The molecule has 19 heavy (non-hydrogen) atoms. The largest absolute Gasteiger partial charge is 0.375 e. The van der Waals surface area contributed by atoms with E-state index in [9.17, 15) is 0 Å². The molecule has 3 rings (SSSR count). The predicted molar refractivity (Wildman–Crippen MR) is 81.4 cm³/mol. The van der Waals surface area contributed by atoms with Gasteiger partial charge in [0.05, 0.1) is 5.69 Å². The van der Waals surface area contributed by atoms with Gasteiger partial charge in [-0.1, -0.05) is 12.1 Å². The predicted octanol–water partition coefficient (Wildman–Crippen LogP) is 2.77. The maximum Gasteiger partial charge on any atom is 0.180 e. The summed E-state index contributed by atoms with van der Waals surface area (Å²) in [5.74, 6) is 0. The van der Waals surface area contributed by atoms with Crippen LogP contribution in [0.5, 0.6) is 0 Å². The van der Waals surface area contributed by atoms with Crippen molar-refractivity contribution in [1.82, 2.24) is 4.98 Å². The van der Waals surface area contributed by atoms with E-state index in [1.165, 1.54) is 47.3 Å². The molecule has 1 aromatic carbocycles. The zero-order valence-electron chi connectivity index (χ0n) is 11.0. The summed E-state index contributed by atoms with van der Waals surface area (Å²) in [6.45, 7) is 0.638. The number of rotatable bonds is 3. The van der Waals surface area contributed by atoms with Crippen LogP contribution in [0.25, 0.3) is 11.3 Å². The maximum absolute atomic E-state index is 5.85. The van der Waals surface area contributed by atoms with Gasteiger partial charge in [-0.3, -0.25) is 0 Å². The second kappa shape index (κ2) is 5.31. The Morgan fingerprint density at radius 3 is 2.74 bits per heavy atom. The highest BCUT2D eigenvalue weighted by Gasteiger charge is 2.14. The molecular formula is C15H19N3S. The van der Waals surface area contributed by atoms with Crippen LogP contribution in [0.2, 0.25) is 0 Å². The third-order valence-corrected chi connectivity index (χ3v) is 4.65. The van der Waals surface area contributed by atoms with E-state index in [-0.39, 0.29) is 0 Å². The molecule has 0 bridgehead atoms. The number of nitrogens with zero attached hydrogens (tertiary/aromatic N) is 1. The van der Waals surface area contributed by atoms with Crippen molar-refractivity contribution < 1.29 is 0 Å². The fourth-order valence-corrected chi connectivity index (χ4v) is 3.65. The molecule has 0 aliphatic heterocycles. The van der Waals surface area contributed by atoms with Crippen LogP contribution in [0.4, 0.5) is 5.13 Å². The Morgan fingerprint density at radius 1 is 1.16 bits per heavy atom. The molecule has 4 N–H and O–H groups in total. The van der Waals surface area contributed by atoms with Crippen molar-refractivity contribution in [3.63, 3.8) is 0 Å². The smallest absolute Gasteiger partial charge is 0.180 e. The molecule has 100 valence electrons. The summed E-state index contributed by atoms with van der Waals surface area (Å²) in [6.07, 6.45) is 5.86. The molecule has 0 fully saturated rings. The number of nitrogen functional groups attached to an aromatic ring is 1. The lowest BCUT2D eigenvalue weighted by Gasteiger charge is -2.16. The van der Waals surface area contributed by atoms with Gasteiger partial charge in [-0.15, -0.1) is 11.3 Å². The van der Waals surface area contributed by atoms with E-state index in [1.807, 2.05) is 0 Å². The zero-order chi connectivity index (χ0) is 13.2. The van der Waals surface area contributed by atoms with Gasteiger partial charge in [0.25, 0.3) is 0 Å². The molecule has 0 radical (unpaired) electrons. The Hall–Kier alpha value is -1.39. The van der Waals surface area contributed by atoms with Crippen LogP contribution in [-0.2, 0) is 19.3 Å². The van der Waals surface area contributed by atoms with E-state index in [0.717, 1.165) is 12.1 Å². The SMILES string of the molecule is NCCc1sc(N)nc1-c1ccc2c(c1)CCCC2. The van der Waals surface area contributed by atoms with Crippen LogP contribution in [0.15, 0.2) is 18.2 Å². The van der Waals surface area contributed by atoms with Gasteiger partial charge in [0, 0.05) is 10.4 Å². The van der Waals surface area contributed by atoms with Crippen LogP contribution >= 0.6 is 11.3 Å². The van der Waals surface area contributed by atoms with E-state index < -0.39 is 0 Å². The lowest BCUT2D eigenvalue weighted by atomic mass is 9.90. The molecule has 0 amide bonds. The molecule has 0 saturated carbocycles. The Bertz CT molecular complexity index is 589. The zero-order valence-corrected chi connectivity index (χ0v) is 11.8. The molecule has 3 nitrogen and oxygen atoms in total. The van der Waals surface area contributed by atoms with Crippen molar-refractivity contribution in [2.75, 3.05) is 12.3 Å². The third-order valence-electron chi connectivity index (χ3n) is 3.71. The highest BCUT2D eigenvalue weighted by atomic mass is 32.1. The third kappa shape index (κ3) is 2.51. The first-order chi connectivity index (χ1) is 9.28. The van der Waals surface area contributed by atoms with Crippen LogP contribution in [0.3, 0.4) is 0 Å².